The smallest absolute Gasteiger partial charge is 0.277 e. The van der Waals surface area contributed by atoms with Gasteiger partial charge in [-0.1, -0.05) is 6.07 Å². The van der Waals surface area contributed by atoms with Crippen LogP contribution >= 0.6 is 22.6 Å². The van der Waals surface area contributed by atoms with Crippen molar-refractivity contribution in [1.29, 1.82) is 0 Å². The van der Waals surface area contributed by atoms with Crippen molar-refractivity contribution in [3.63, 3.8) is 0 Å². The maximum atomic E-state index is 11.6. The number of hydrogen-bond acceptors (Lipinski definition) is 3. The predicted molar refractivity (Wildman–Crippen MR) is 68.2 cm³/mol. The first-order valence-corrected chi connectivity index (χ1v) is 5.68. The number of carbonyl (C=O) groups is 1. The zero-order valence-corrected chi connectivity index (χ0v) is 10.6. The van der Waals surface area contributed by atoms with Crippen molar-refractivity contribution in [3.05, 3.63) is 39.2 Å². The van der Waals surface area contributed by atoms with Gasteiger partial charge in [0.25, 0.3) is 5.91 Å². The first-order chi connectivity index (χ1) is 7.66. The number of nitrogens with zero attached hydrogens (tertiary/aromatic N) is 2. The molecule has 82 valence electrons. The largest absolute Gasteiger partial charge is 0.321 e. The molecule has 2 aromatic rings. The van der Waals surface area contributed by atoms with Gasteiger partial charge in [0.1, 0.15) is 0 Å². The SMILES string of the molecule is Cc1ccc(NC(=O)c2cn[nH]n2)cc1I. The lowest BCUT2D eigenvalue weighted by molar-refractivity contribution is 0.102. The fraction of sp³-hybridized carbons (Fsp3) is 0.100. The van der Waals surface area contributed by atoms with Crippen LogP contribution < -0.4 is 5.32 Å². The summed E-state index contributed by atoms with van der Waals surface area (Å²) in [6.45, 7) is 2.02. The molecule has 2 rings (SSSR count). The van der Waals surface area contributed by atoms with Crippen LogP contribution in [0.2, 0.25) is 0 Å². The minimum Gasteiger partial charge on any atom is -0.321 e. The Labute approximate surface area is 106 Å². The highest BCUT2D eigenvalue weighted by Gasteiger charge is 2.08. The number of hydrogen-bond donors (Lipinski definition) is 2. The lowest BCUT2D eigenvalue weighted by atomic mass is 10.2. The van der Waals surface area contributed by atoms with E-state index in [2.05, 4.69) is 43.3 Å². The summed E-state index contributed by atoms with van der Waals surface area (Å²) in [7, 11) is 0. The van der Waals surface area contributed by atoms with E-state index >= 15 is 0 Å². The van der Waals surface area contributed by atoms with E-state index in [9.17, 15) is 4.79 Å². The molecule has 1 aromatic heterocycles. The number of amides is 1. The molecule has 0 fully saturated rings. The average Bonchev–Trinajstić information content (AvgIpc) is 2.77. The lowest BCUT2D eigenvalue weighted by Gasteiger charge is -2.04. The van der Waals surface area contributed by atoms with E-state index in [1.165, 1.54) is 11.8 Å². The van der Waals surface area contributed by atoms with Gasteiger partial charge >= 0.3 is 0 Å². The summed E-state index contributed by atoms with van der Waals surface area (Å²) in [6.07, 6.45) is 1.38. The molecule has 0 spiro atoms. The second-order valence-electron chi connectivity index (χ2n) is 3.27. The van der Waals surface area contributed by atoms with E-state index in [0.29, 0.717) is 0 Å². The van der Waals surface area contributed by atoms with E-state index in [0.717, 1.165) is 9.26 Å². The Hall–Kier alpha value is -1.44. The zero-order chi connectivity index (χ0) is 11.5. The Bertz CT molecular complexity index is 510. The summed E-state index contributed by atoms with van der Waals surface area (Å²) >= 11 is 2.22. The van der Waals surface area contributed by atoms with Crippen LogP contribution in [0.25, 0.3) is 0 Å². The molecule has 16 heavy (non-hydrogen) atoms. The van der Waals surface area contributed by atoms with Crippen LogP contribution in [0.1, 0.15) is 16.1 Å². The van der Waals surface area contributed by atoms with Gasteiger partial charge in [0.05, 0.1) is 6.20 Å². The standard InChI is InChI=1S/C10H9IN4O/c1-6-2-3-7(4-8(6)11)13-10(16)9-5-12-15-14-9/h2-5H,1H3,(H,13,16)(H,12,14,15). The van der Waals surface area contributed by atoms with E-state index in [-0.39, 0.29) is 11.6 Å². The molecule has 6 heteroatoms. The Kier molecular flexibility index (Phi) is 3.18. The molecule has 0 atom stereocenters. The van der Waals surface area contributed by atoms with E-state index in [4.69, 9.17) is 0 Å². The third kappa shape index (κ3) is 2.38. The minimum atomic E-state index is -0.270. The van der Waals surface area contributed by atoms with Gasteiger partial charge in [0.15, 0.2) is 5.69 Å². The molecule has 1 amide bonds. The van der Waals surface area contributed by atoms with Crippen molar-refractivity contribution in [2.75, 3.05) is 5.32 Å². The van der Waals surface area contributed by atoms with Gasteiger partial charge < -0.3 is 5.32 Å². The average molecular weight is 328 g/mol. The third-order valence-corrected chi connectivity index (χ3v) is 3.24. The van der Waals surface area contributed by atoms with Gasteiger partial charge in [-0.25, -0.2) is 0 Å². The maximum absolute atomic E-state index is 11.6. The number of aromatic nitrogens is 3. The van der Waals surface area contributed by atoms with Crippen molar-refractivity contribution in [2.24, 2.45) is 0 Å². The molecule has 0 aliphatic carbocycles. The monoisotopic (exact) mass is 328 g/mol. The van der Waals surface area contributed by atoms with Crippen molar-refractivity contribution in [3.8, 4) is 0 Å². The number of aromatic amines is 1. The van der Waals surface area contributed by atoms with Crippen LogP contribution in [0.15, 0.2) is 24.4 Å². The number of nitrogens with one attached hydrogen (secondary N) is 2. The predicted octanol–water partition coefficient (Wildman–Crippen LogP) is 1.97. The molecule has 0 saturated heterocycles. The van der Waals surface area contributed by atoms with Gasteiger partial charge in [-0.15, -0.1) is 0 Å². The number of benzene rings is 1. The third-order valence-electron chi connectivity index (χ3n) is 2.08. The molecule has 0 unspecified atom stereocenters. The Balaban J connectivity index is 2.15. The molecule has 1 heterocycles. The molecule has 5 nitrogen and oxygen atoms in total. The van der Waals surface area contributed by atoms with E-state index in [1.54, 1.807) is 0 Å². The van der Waals surface area contributed by atoms with Crippen LogP contribution in [0.3, 0.4) is 0 Å². The number of anilines is 1. The van der Waals surface area contributed by atoms with Crippen molar-refractivity contribution in [1.82, 2.24) is 15.4 Å². The number of H-pyrrole nitrogens is 1. The summed E-state index contributed by atoms with van der Waals surface area (Å²) in [4.78, 5) is 11.6. The van der Waals surface area contributed by atoms with Gasteiger partial charge in [0.2, 0.25) is 0 Å². The topological polar surface area (TPSA) is 70.7 Å². The minimum absolute atomic E-state index is 0.270. The molecule has 0 aliphatic rings. The summed E-state index contributed by atoms with van der Waals surface area (Å²) in [5.74, 6) is -0.270. The van der Waals surface area contributed by atoms with Gasteiger partial charge in [0, 0.05) is 9.26 Å². The Morgan fingerprint density at radius 3 is 2.94 bits per heavy atom. The summed E-state index contributed by atoms with van der Waals surface area (Å²) in [6, 6.07) is 5.73. The second-order valence-corrected chi connectivity index (χ2v) is 4.44. The highest BCUT2D eigenvalue weighted by atomic mass is 127. The molecule has 1 aromatic carbocycles. The second kappa shape index (κ2) is 4.60. The van der Waals surface area contributed by atoms with Crippen LogP contribution in [0, 0.1) is 10.5 Å². The molecule has 0 radical (unpaired) electrons. The molecule has 2 N–H and O–H groups in total. The van der Waals surface area contributed by atoms with Crippen molar-refractivity contribution in [2.45, 2.75) is 6.92 Å². The van der Waals surface area contributed by atoms with Gasteiger partial charge in [-0.3, -0.25) is 4.79 Å². The van der Waals surface area contributed by atoms with Crippen molar-refractivity contribution >= 4 is 34.2 Å². The summed E-state index contributed by atoms with van der Waals surface area (Å²) < 4.78 is 1.11. The summed E-state index contributed by atoms with van der Waals surface area (Å²) in [5.41, 5.74) is 2.21. The van der Waals surface area contributed by atoms with Crippen LogP contribution in [-0.4, -0.2) is 21.3 Å². The van der Waals surface area contributed by atoms with Gasteiger partial charge in [-0.05, 0) is 47.2 Å². The van der Waals surface area contributed by atoms with Crippen LogP contribution in [0.4, 0.5) is 5.69 Å². The molecule has 0 aliphatic heterocycles. The van der Waals surface area contributed by atoms with E-state index in [1.807, 2.05) is 25.1 Å². The maximum Gasteiger partial charge on any atom is 0.277 e. The lowest BCUT2D eigenvalue weighted by Crippen LogP contribution is -2.12. The fourth-order valence-corrected chi connectivity index (χ4v) is 1.69. The molecule has 0 saturated carbocycles. The summed E-state index contributed by atoms with van der Waals surface area (Å²) in [5, 5.41) is 12.4. The first kappa shape index (κ1) is 11.1. The fourth-order valence-electron chi connectivity index (χ4n) is 1.18. The highest BCUT2D eigenvalue weighted by Crippen LogP contribution is 2.17. The van der Waals surface area contributed by atoms with E-state index < -0.39 is 0 Å². The first-order valence-electron chi connectivity index (χ1n) is 4.60. The molecule has 0 bridgehead atoms. The quantitative estimate of drug-likeness (QED) is 0.828. The van der Waals surface area contributed by atoms with Gasteiger partial charge in [-0.2, -0.15) is 15.4 Å². The zero-order valence-electron chi connectivity index (χ0n) is 8.49. The Morgan fingerprint density at radius 2 is 2.31 bits per heavy atom. The number of rotatable bonds is 2. The van der Waals surface area contributed by atoms with Crippen molar-refractivity contribution < 1.29 is 4.79 Å². The number of carbonyl (C=O) groups excluding carboxylic acids is 1. The van der Waals surface area contributed by atoms with Crippen LogP contribution in [0.5, 0.6) is 0 Å². The number of aryl methyl sites for hydroxylation is 1. The van der Waals surface area contributed by atoms with Crippen LogP contribution in [-0.2, 0) is 0 Å². The highest BCUT2D eigenvalue weighted by molar-refractivity contribution is 14.1. The molecular weight excluding hydrogens is 319 g/mol. The Morgan fingerprint density at radius 1 is 1.50 bits per heavy atom. The normalized spacial score (nSPS) is 10.1. The molecular formula is C10H9IN4O. The number of halogens is 1.